The molecule has 0 unspecified atom stereocenters. The van der Waals surface area contributed by atoms with E-state index in [-0.39, 0.29) is 17.4 Å². The molecule has 24 heavy (non-hydrogen) atoms. The molecule has 1 aliphatic heterocycles. The number of carbonyl (C=O) groups excluding carboxylic acids is 2. The molecule has 1 aromatic rings. The number of piperidine rings is 1. The van der Waals surface area contributed by atoms with E-state index >= 15 is 0 Å². The van der Waals surface area contributed by atoms with Crippen LogP contribution in [-0.2, 0) is 14.3 Å². The van der Waals surface area contributed by atoms with Gasteiger partial charge in [-0.1, -0.05) is 11.6 Å². The molecule has 0 atom stereocenters. The van der Waals surface area contributed by atoms with Crippen LogP contribution in [0.3, 0.4) is 0 Å². The number of carbonyl (C=O) groups is 2. The summed E-state index contributed by atoms with van der Waals surface area (Å²) in [5.41, 5.74) is -0.432. The van der Waals surface area contributed by atoms with Crippen molar-refractivity contribution in [3.63, 3.8) is 0 Å². The molecule has 2 rings (SSSR count). The fourth-order valence-electron chi connectivity index (χ4n) is 2.53. The number of aromatic nitrogens is 1. The van der Waals surface area contributed by atoms with E-state index in [1.54, 1.807) is 6.92 Å². The zero-order valence-electron chi connectivity index (χ0n) is 13.0. The maximum Gasteiger partial charge on any atom is 0.397 e. The molecule has 0 saturated carbocycles. The molecule has 1 N–H and O–H groups in total. The lowest BCUT2D eigenvalue weighted by Crippen LogP contribution is -2.49. The van der Waals surface area contributed by atoms with Gasteiger partial charge in [0.25, 0.3) is 0 Å². The summed E-state index contributed by atoms with van der Waals surface area (Å²) < 4.78 is 4.75. The largest absolute Gasteiger partial charge is 0.459 e. The number of ether oxygens (including phenoxy) is 1. The summed E-state index contributed by atoms with van der Waals surface area (Å²) in [6.07, 6.45) is 2.27. The molecule has 0 aliphatic carbocycles. The minimum atomic E-state index is -1.07. The topological polar surface area (TPSA) is 115 Å². The third kappa shape index (κ3) is 3.98. The number of rotatable bonds is 4. The van der Waals surface area contributed by atoms with E-state index in [1.165, 1.54) is 6.20 Å². The second-order valence-corrected chi connectivity index (χ2v) is 5.57. The first kappa shape index (κ1) is 18.1. The highest BCUT2D eigenvalue weighted by atomic mass is 35.5. The Bertz CT molecular complexity index is 648. The van der Waals surface area contributed by atoms with Crippen molar-refractivity contribution in [1.82, 2.24) is 10.3 Å². The smallest absolute Gasteiger partial charge is 0.397 e. The summed E-state index contributed by atoms with van der Waals surface area (Å²) in [5.74, 6) is -2.24. The SMILES string of the molecule is CCOC(=O)C(=O)N(c1ncc(Cl)cc1[N+](=O)[O-])C1CCNCC1. The Hall–Kier alpha value is -2.26. The van der Waals surface area contributed by atoms with Crippen LogP contribution in [0.25, 0.3) is 0 Å². The highest BCUT2D eigenvalue weighted by molar-refractivity contribution is 6.38. The van der Waals surface area contributed by atoms with Gasteiger partial charge in [0.1, 0.15) is 0 Å². The lowest BCUT2D eigenvalue weighted by molar-refractivity contribution is -0.384. The van der Waals surface area contributed by atoms with E-state index in [0.29, 0.717) is 25.9 Å². The Balaban J connectivity index is 2.47. The van der Waals surface area contributed by atoms with Crippen LogP contribution in [0.1, 0.15) is 19.8 Å². The van der Waals surface area contributed by atoms with Crippen LogP contribution in [0.4, 0.5) is 11.5 Å². The van der Waals surface area contributed by atoms with Crippen molar-refractivity contribution < 1.29 is 19.2 Å². The molecule has 1 saturated heterocycles. The molecule has 130 valence electrons. The Kier molecular flexibility index (Phi) is 6.04. The van der Waals surface area contributed by atoms with Gasteiger partial charge in [0, 0.05) is 18.3 Å². The lowest BCUT2D eigenvalue weighted by Gasteiger charge is -2.32. The van der Waals surface area contributed by atoms with Gasteiger partial charge in [-0.3, -0.25) is 19.8 Å². The monoisotopic (exact) mass is 356 g/mol. The predicted octanol–water partition coefficient (Wildman–Crippen LogP) is 1.29. The number of anilines is 1. The average molecular weight is 357 g/mol. The summed E-state index contributed by atoms with van der Waals surface area (Å²) in [5, 5.41) is 14.5. The fourth-order valence-corrected chi connectivity index (χ4v) is 2.68. The van der Waals surface area contributed by atoms with Crippen molar-refractivity contribution in [2.45, 2.75) is 25.8 Å². The lowest BCUT2D eigenvalue weighted by atomic mass is 10.0. The summed E-state index contributed by atoms with van der Waals surface area (Å²) >= 11 is 5.77. The van der Waals surface area contributed by atoms with Gasteiger partial charge in [0.05, 0.1) is 16.6 Å². The van der Waals surface area contributed by atoms with E-state index in [9.17, 15) is 19.7 Å². The Morgan fingerprint density at radius 1 is 1.50 bits per heavy atom. The van der Waals surface area contributed by atoms with Crippen LogP contribution in [0.2, 0.25) is 5.02 Å². The summed E-state index contributed by atoms with van der Waals surface area (Å²) in [7, 11) is 0. The Labute approximate surface area is 143 Å². The highest BCUT2D eigenvalue weighted by Crippen LogP contribution is 2.31. The molecule has 0 spiro atoms. The van der Waals surface area contributed by atoms with Gasteiger partial charge >= 0.3 is 17.6 Å². The number of amides is 1. The molecule has 0 bridgehead atoms. The van der Waals surface area contributed by atoms with Crippen molar-refractivity contribution in [1.29, 1.82) is 0 Å². The fraction of sp³-hybridized carbons (Fsp3) is 0.500. The first-order chi connectivity index (χ1) is 11.5. The van der Waals surface area contributed by atoms with Gasteiger partial charge in [-0.25, -0.2) is 9.78 Å². The number of nitrogens with zero attached hydrogens (tertiary/aromatic N) is 3. The van der Waals surface area contributed by atoms with Crippen LogP contribution >= 0.6 is 11.6 Å². The third-order valence-corrected chi connectivity index (χ3v) is 3.79. The molecule has 0 aromatic carbocycles. The van der Waals surface area contributed by atoms with Crippen molar-refractivity contribution in [2.75, 3.05) is 24.6 Å². The molecule has 9 nitrogen and oxygen atoms in total. The number of nitro groups is 1. The Morgan fingerprint density at radius 3 is 2.75 bits per heavy atom. The van der Waals surface area contributed by atoms with Crippen LogP contribution in [0.15, 0.2) is 12.3 Å². The molecular weight excluding hydrogens is 340 g/mol. The average Bonchev–Trinajstić information content (AvgIpc) is 2.57. The van der Waals surface area contributed by atoms with Crippen molar-refractivity contribution >= 4 is 35.0 Å². The number of hydrogen-bond donors (Lipinski definition) is 1. The summed E-state index contributed by atoms with van der Waals surface area (Å²) in [4.78, 5) is 40.1. The number of nitrogens with one attached hydrogen (secondary N) is 1. The van der Waals surface area contributed by atoms with Gasteiger partial charge in [0.2, 0.25) is 5.82 Å². The second-order valence-electron chi connectivity index (χ2n) is 5.13. The maximum absolute atomic E-state index is 12.5. The molecular formula is C14H17ClN4O5. The minimum Gasteiger partial charge on any atom is -0.459 e. The van der Waals surface area contributed by atoms with Crippen LogP contribution in [-0.4, -0.2) is 47.5 Å². The zero-order valence-corrected chi connectivity index (χ0v) is 13.8. The molecule has 1 aliphatic rings. The van der Waals surface area contributed by atoms with E-state index in [2.05, 4.69) is 10.3 Å². The summed E-state index contributed by atoms with van der Waals surface area (Å²) in [6, 6.07) is 0.715. The van der Waals surface area contributed by atoms with Gasteiger partial charge in [0.15, 0.2) is 0 Å². The van der Waals surface area contributed by atoms with Gasteiger partial charge in [-0.05, 0) is 32.9 Å². The van der Waals surface area contributed by atoms with E-state index in [1.807, 2.05) is 0 Å². The van der Waals surface area contributed by atoms with Gasteiger partial charge in [-0.2, -0.15) is 0 Å². The first-order valence-electron chi connectivity index (χ1n) is 7.46. The van der Waals surface area contributed by atoms with Crippen molar-refractivity contribution in [2.24, 2.45) is 0 Å². The van der Waals surface area contributed by atoms with Crippen LogP contribution < -0.4 is 10.2 Å². The summed E-state index contributed by atoms with van der Waals surface area (Å²) in [6.45, 7) is 2.85. The normalized spacial score (nSPS) is 14.9. The number of pyridine rings is 1. The second kappa shape index (κ2) is 8.02. The predicted molar refractivity (Wildman–Crippen MR) is 85.9 cm³/mol. The van der Waals surface area contributed by atoms with E-state index in [0.717, 1.165) is 11.0 Å². The van der Waals surface area contributed by atoms with Crippen LogP contribution in [0.5, 0.6) is 0 Å². The molecule has 1 amide bonds. The number of esters is 1. The standard InChI is InChI=1S/C14H17ClN4O5/c1-2-24-14(21)13(20)18(10-3-5-16-6-4-10)12-11(19(22)23)7-9(15)8-17-12/h7-8,10,16H,2-6H2,1H3. The maximum atomic E-state index is 12.5. The van der Waals surface area contributed by atoms with E-state index in [4.69, 9.17) is 16.3 Å². The molecule has 2 heterocycles. The van der Waals surface area contributed by atoms with Crippen molar-refractivity contribution in [3.05, 3.63) is 27.4 Å². The molecule has 10 heteroatoms. The quantitative estimate of drug-likeness (QED) is 0.374. The van der Waals surface area contributed by atoms with E-state index < -0.39 is 28.5 Å². The van der Waals surface area contributed by atoms with Gasteiger partial charge in [-0.15, -0.1) is 0 Å². The van der Waals surface area contributed by atoms with Crippen LogP contribution in [0, 0.1) is 10.1 Å². The third-order valence-electron chi connectivity index (χ3n) is 3.58. The zero-order chi connectivity index (χ0) is 17.7. The first-order valence-corrected chi connectivity index (χ1v) is 7.84. The number of halogens is 1. The molecule has 1 aromatic heterocycles. The molecule has 1 fully saturated rings. The van der Waals surface area contributed by atoms with Crippen molar-refractivity contribution in [3.8, 4) is 0 Å². The van der Waals surface area contributed by atoms with Gasteiger partial charge < -0.3 is 10.1 Å². The number of hydrogen-bond acceptors (Lipinski definition) is 7. The Morgan fingerprint density at radius 2 is 2.17 bits per heavy atom. The minimum absolute atomic E-state index is 0.0285. The molecule has 0 radical (unpaired) electrons. The highest BCUT2D eigenvalue weighted by Gasteiger charge is 2.37.